The van der Waals surface area contributed by atoms with Crippen LogP contribution in [0.2, 0.25) is 0 Å². The van der Waals surface area contributed by atoms with E-state index in [1.165, 1.54) is 5.56 Å². The molecule has 2 nitrogen and oxygen atoms in total. The molecule has 1 saturated heterocycles. The van der Waals surface area contributed by atoms with E-state index in [1.54, 1.807) is 7.11 Å². The number of hydrogen-bond donors (Lipinski definition) is 0. The van der Waals surface area contributed by atoms with E-state index < -0.39 is 0 Å². The maximum absolute atomic E-state index is 5.34. The van der Waals surface area contributed by atoms with Crippen molar-refractivity contribution in [3.05, 3.63) is 29.8 Å². The minimum atomic E-state index is 0. The topological polar surface area (TPSA) is 18.5 Å². The van der Waals surface area contributed by atoms with E-state index in [-0.39, 0.29) is 57.0 Å². The Balaban J connectivity index is 0. The molecule has 0 amide bonds. The fraction of sp³-hybridized carbons (Fsp3) is 0.455. The molecule has 0 spiro atoms. The zero-order chi connectivity index (χ0) is 9.10. The number of benzene rings is 1. The van der Waals surface area contributed by atoms with E-state index >= 15 is 0 Å². The van der Waals surface area contributed by atoms with Gasteiger partial charge in [0, 0.05) is 12.5 Å². The molecule has 1 aliphatic heterocycles. The summed E-state index contributed by atoms with van der Waals surface area (Å²) in [6.07, 6.45) is 1.15. The monoisotopic (exact) mass is 360 g/mol. The first-order chi connectivity index (χ1) is 6.40. The first-order valence-corrected chi connectivity index (χ1v) is 4.62. The van der Waals surface area contributed by atoms with Crippen LogP contribution in [0.15, 0.2) is 24.3 Å². The molecule has 16 heavy (non-hydrogen) atoms. The van der Waals surface area contributed by atoms with Crippen molar-refractivity contribution in [2.45, 2.75) is 12.3 Å². The van der Waals surface area contributed by atoms with Gasteiger partial charge < -0.3 is 43.4 Å². The maximum atomic E-state index is 5.34. The Hall–Kier alpha value is 0.706. The van der Waals surface area contributed by atoms with E-state index in [2.05, 4.69) is 12.1 Å². The van der Waals surface area contributed by atoms with Gasteiger partial charge in [-0.25, -0.2) is 0 Å². The van der Waals surface area contributed by atoms with Crippen LogP contribution >= 0.6 is 0 Å². The van der Waals surface area contributed by atoms with Crippen molar-refractivity contribution in [1.29, 1.82) is 0 Å². The normalized spacial score (nSPS) is 17.7. The third kappa shape index (κ3) is 4.92. The predicted molar refractivity (Wildman–Crippen MR) is 56.9 cm³/mol. The van der Waals surface area contributed by atoms with E-state index in [1.807, 2.05) is 12.1 Å². The summed E-state index contributed by atoms with van der Waals surface area (Å²) in [5, 5.41) is 0. The quantitative estimate of drug-likeness (QED) is 0.497. The first kappa shape index (κ1) is 19.1. The van der Waals surface area contributed by atoms with Gasteiger partial charge in [-0.15, -0.1) is 0 Å². The van der Waals surface area contributed by atoms with Gasteiger partial charge in [0.1, 0.15) is 5.75 Å². The van der Waals surface area contributed by atoms with Crippen LogP contribution in [-0.2, 0) is 4.74 Å². The summed E-state index contributed by atoms with van der Waals surface area (Å²) in [6, 6.07) is 8.26. The number of methoxy groups -OCH3 is 1. The molecule has 1 unspecified atom stereocenters. The van der Waals surface area contributed by atoms with Gasteiger partial charge in [-0.2, -0.15) is 0 Å². The maximum Gasteiger partial charge on any atom is 2.00 e. The SMILES string of the molecule is COc1ccc(C2CCOC2)cc1.[Br-].[Br-].[Mg+2]. The molecule has 1 fully saturated rings. The van der Waals surface area contributed by atoms with Crippen molar-refractivity contribution in [2.24, 2.45) is 0 Å². The molecule has 1 aromatic rings. The number of ether oxygens (including phenoxy) is 2. The van der Waals surface area contributed by atoms with Crippen molar-refractivity contribution in [1.82, 2.24) is 0 Å². The third-order valence-corrected chi connectivity index (χ3v) is 2.52. The Bertz CT molecular complexity index is 274. The summed E-state index contributed by atoms with van der Waals surface area (Å²) < 4.78 is 10.4. The van der Waals surface area contributed by atoms with Crippen molar-refractivity contribution < 1.29 is 43.4 Å². The second-order valence-corrected chi connectivity index (χ2v) is 3.33. The van der Waals surface area contributed by atoms with E-state index in [0.717, 1.165) is 25.4 Å². The summed E-state index contributed by atoms with van der Waals surface area (Å²) in [4.78, 5) is 0. The standard InChI is InChI=1S/C11H14O2.2BrH.Mg/c1-12-11-4-2-9(3-5-11)10-6-7-13-8-10;;;/h2-5,10H,6-8H2,1H3;2*1H;/q;;;+2/p-2. The number of rotatable bonds is 2. The Labute approximate surface area is 134 Å². The zero-order valence-corrected chi connectivity index (χ0v) is 13.9. The van der Waals surface area contributed by atoms with Crippen molar-refractivity contribution in [3.8, 4) is 5.75 Å². The summed E-state index contributed by atoms with van der Waals surface area (Å²) >= 11 is 0. The van der Waals surface area contributed by atoms with Crippen LogP contribution in [0.3, 0.4) is 0 Å². The number of halogens is 2. The smallest absolute Gasteiger partial charge is 1.00 e. The molecular formula is C11H14Br2MgO2. The molecule has 0 N–H and O–H groups in total. The fourth-order valence-corrected chi connectivity index (χ4v) is 1.67. The molecule has 86 valence electrons. The Morgan fingerprint density at radius 2 is 1.81 bits per heavy atom. The summed E-state index contributed by atoms with van der Waals surface area (Å²) in [5.41, 5.74) is 1.36. The largest absolute Gasteiger partial charge is 2.00 e. The molecule has 2 rings (SSSR count). The van der Waals surface area contributed by atoms with Gasteiger partial charge in [-0.1, -0.05) is 12.1 Å². The summed E-state index contributed by atoms with van der Waals surface area (Å²) in [7, 11) is 1.69. The van der Waals surface area contributed by atoms with Crippen LogP contribution in [0.25, 0.3) is 0 Å². The predicted octanol–water partition coefficient (Wildman–Crippen LogP) is -4.17. The average molecular weight is 362 g/mol. The van der Waals surface area contributed by atoms with Gasteiger partial charge in [-0.3, -0.25) is 0 Å². The van der Waals surface area contributed by atoms with Gasteiger partial charge in [0.25, 0.3) is 0 Å². The van der Waals surface area contributed by atoms with Crippen LogP contribution in [0, 0.1) is 0 Å². The minimum absolute atomic E-state index is 0. The van der Waals surface area contributed by atoms with E-state index in [9.17, 15) is 0 Å². The Morgan fingerprint density at radius 1 is 1.19 bits per heavy atom. The molecule has 1 aromatic carbocycles. The first-order valence-electron chi connectivity index (χ1n) is 4.62. The molecule has 1 heterocycles. The average Bonchev–Trinajstić information content (AvgIpc) is 2.71. The molecule has 5 heteroatoms. The fourth-order valence-electron chi connectivity index (χ4n) is 1.67. The van der Waals surface area contributed by atoms with Crippen molar-refractivity contribution >= 4 is 23.1 Å². The molecule has 0 radical (unpaired) electrons. The van der Waals surface area contributed by atoms with Gasteiger partial charge >= 0.3 is 23.1 Å². The Morgan fingerprint density at radius 3 is 2.25 bits per heavy atom. The Kier molecular flexibility index (Phi) is 11.6. The molecule has 1 aliphatic rings. The van der Waals surface area contributed by atoms with Crippen molar-refractivity contribution in [2.75, 3.05) is 20.3 Å². The van der Waals surface area contributed by atoms with Crippen molar-refractivity contribution in [3.63, 3.8) is 0 Å². The van der Waals surface area contributed by atoms with Crippen LogP contribution in [0.1, 0.15) is 17.9 Å². The van der Waals surface area contributed by atoms with Gasteiger partial charge in [-0.05, 0) is 24.1 Å². The van der Waals surface area contributed by atoms with E-state index in [0.29, 0.717) is 5.92 Å². The summed E-state index contributed by atoms with van der Waals surface area (Å²) in [5.74, 6) is 1.51. The number of hydrogen-bond acceptors (Lipinski definition) is 2. The molecule has 0 aromatic heterocycles. The molecule has 0 bridgehead atoms. The minimum Gasteiger partial charge on any atom is -1.00 e. The van der Waals surface area contributed by atoms with Crippen LogP contribution in [-0.4, -0.2) is 43.4 Å². The molecule has 0 aliphatic carbocycles. The third-order valence-electron chi connectivity index (χ3n) is 2.52. The van der Waals surface area contributed by atoms with Gasteiger partial charge in [0.05, 0.1) is 13.7 Å². The summed E-state index contributed by atoms with van der Waals surface area (Å²) in [6.45, 7) is 1.77. The van der Waals surface area contributed by atoms with Crippen LogP contribution in [0.4, 0.5) is 0 Å². The second kappa shape index (κ2) is 9.71. The van der Waals surface area contributed by atoms with Gasteiger partial charge in [0.2, 0.25) is 0 Å². The molecule has 1 atom stereocenters. The van der Waals surface area contributed by atoms with Crippen LogP contribution in [0.5, 0.6) is 5.75 Å². The van der Waals surface area contributed by atoms with Gasteiger partial charge in [0.15, 0.2) is 0 Å². The second-order valence-electron chi connectivity index (χ2n) is 3.33. The molecular weight excluding hydrogens is 348 g/mol. The van der Waals surface area contributed by atoms with E-state index in [4.69, 9.17) is 9.47 Å². The molecule has 0 saturated carbocycles. The van der Waals surface area contributed by atoms with Crippen LogP contribution < -0.4 is 38.7 Å². The zero-order valence-electron chi connectivity index (χ0n) is 9.29.